The molecule has 1 aliphatic rings. The van der Waals surface area contributed by atoms with Crippen LogP contribution in [0.15, 0.2) is 164 Å². The van der Waals surface area contributed by atoms with Crippen molar-refractivity contribution in [2.24, 2.45) is 0 Å². The van der Waals surface area contributed by atoms with Gasteiger partial charge in [-0.2, -0.15) is 0 Å². The van der Waals surface area contributed by atoms with Gasteiger partial charge in [0.05, 0.1) is 22.2 Å². The molecule has 0 saturated carbocycles. The van der Waals surface area contributed by atoms with Crippen molar-refractivity contribution in [2.75, 3.05) is 0 Å². The predicted molar refractivity (Wildman–Crippen MR) is 248 cm³/mol. The number of thiophene rings is 2. The molecule has 0 amide bonds. The first-order chi connectivity index (χ1) is 28.5. The van der Waals surface area contributed by atoms with Gasteiger partial charge in [-0.05, 0) is 88.0 Å². The number of para-hydroxylation sites is 1. The first-order valence-corrected chi connectivity index (χ1v) is 21.4. The summed E-state index contributed by atoms with van der Waals surface area (Å²) in [6.07, 6.45) is 0. The lowest BCUT2D eigenvalue weighted by Gasteiger charge is -2.21. The van der Waals surface area contributed by atoms with Crippen LogP contribution >= 0.6 is 22.7 Å². The molecule has 0 fully saturated rings. The smallest absolute Gasteiger partial charge is 0.235 e. The summed E-state index contributed by atoms with van der Waals surface area (Å²) in [5.74, 6) is 0.680. The third-order valence-electron chi connectivity index (χ3n) is 12.6. The molecule has 58 heavy (non-hydrogen) atoms. The number of fused-ring (bicyclic) bond motifs is 13. The lowest BCUT2D eigenvalue weighted by molar-refractivity contribution is 0.661. The molecule has 0 N–H and O–H groups in total. The van der Waals surface area contributed by atoms with E-state index in [1.165, 1.54) is 84.5 Å². The molecule has 0 spiro atoms. The zero-order valence-electron chi connectivity index (χ0n) is 31.7. The van der Waals surface area contributed by atoms with Crippen LogP contribution in [-0.4, -0.2) is 14.5 Å². The van der Waals surface area contributed by atoms with E-state index in [2.05, 4.69) is 182 Å². The van der Waals surface area contributed by atoms with Crippen LogP contribution in [0.5, 0.6) is 0 Å². The average Bonchev–Trinajstić information content (AvgIpc) is 3.99. The molecule has 1 aliphatic carbocycles. The Kier molecular flexibility index (Phi) is 6.54. The lowest BCUT2D eigenvalue weighted by Crippen LogP contribution is -2.15. The van der Waals surface area contributed by atoms with Gasteiger partial charge >= 0.3 is 0 Å². The van der Waals surface area contributed by atoms with E-state index in [9.17, 15) is 0 Å². The van der Waals surface area contributed by atoms with Crippen LogP contribution in [0.3, 0.4) is 0 Å². The van der Waals surface area contributed by atoms with Crippen LogP contribution in [-0.2, 0) is 5.41 Å². The van der Waals surface area contributed by atoms with Gasteiger partial charge in [0.15, 0.2) is 0 Å². The van der Waals surface area contributed by atoms with Gasteiger partial charge in [0, 0.05) is 67.5 Å². The quantitative estimate of drug-likeness (QED) is 0.179. The first kappa shape index (κ1) is 32.4. The molecule has 4 heterocycles. The van der Waals surface area contributed by atoms with E-state index in [0.29, 0.717) is 5.95 Å². The number of rotatable bonds is 3. The summed E-state index contributed by atoms with van der Waals surface area (Å²) in [5, 5.41) is 8.61. The first-order valence-electron chi connectivity index (χ1n) is 19.8. The summed E-state index contributed by atoms with van der Waals surface area (Å²) in [7, 11) is 0. The fourth-order valence-corrected chi connectivity index (χ4v) is 12.1. The second kappa shape index (κ2) is 11.7. The number of hydrogen-bond donors (Lipinski definition) is 0. The zero-order chi connectivity index (χ0) is 38.3. The molecule has 0 radical (unpaired) electrons. The summed E-state index contributed by atoms with van der Waals surface area (Å²) in [4.78, 5) is 11.0. The maximum atomic E-state index is 5.60. The van der Waals surface area contributed by atoms with Gasteiger partial charge in [-0.25, -0.2) is 9.97 Å². The molecule has 0 aliphatic heterocycles. The monoisotopic (exact) mass is 775 g/mol. The van der Waals surface area contributed by atoms with Gasteiger partial charge in [0.1, 0.15) is 0 Å². The fourth-order valence-electron chi connectivity index (χ4n) is 9.82. The van der Waals surface area contributed by atoms with Gasteiger partial charge in [-0.1, -0.05) is 123 Å². The predicted octanol–water partition coefficient (Wildman–Crippen LogP) is 15.1. The largest absolute Gasteiger partial charge is 0.278 e. The molecule has 272 valence electrons. The van der Waals surface area contributed by atoms with E-state index < -0.39 is 0 Å². The van der Waals surface area contributed by atoms with E-state index in [1.807, 2.05) is 22.7 Å². The van der Waals surface area contributed by atoms with Crippen molar-refractivity contribution in [3.05, 3.63) is 175 Å². The van der Waals surface area contributed by atoms with Crippen molar-refractivity contribution in [2.45, 2.75) is 19.3 Å². The van der Waals surface area contributed by atoms with E-state index in [1.54, 1.807) is 0 Å². The molecule has 13 rings (SSSR count). The van der Waals surface area contributed by atoms with Gasteiger partial charge in [-0.3, -0.25) is 4.57 Å². The van der Waals surface area contributed by atoms with Gasteiger partial charge in [0.25, 0.3) is 0 Å². The topological polar surface area (TPSA) is 30.7 Å². The highest BCUT2D eigenvalue weighted by Gasteiger charge is 2.36. The van der Waals surface area contributed by atoms with E-state index >= 15 is 0 Å². The van der Waals surface area contributed by atoms with Crippen molar-refractivity contribution in [1.29, 1.82) is 0 Å². The number of nitrogens with zero attached hydrogens (tertiary/aromatic N) is 3. The second-order valence-corrected chi connectivity index (χ2v) is 18.3. The Morgan fingerprint density at radius 3 is 1.93 bits per heavy atom. The van der Waals surface area contributed by atoms with Crippen LogP contribution in [0, 0.1) is 0 Å². The number of hydrogen-bond acceptors (Lipinski definition) is 4. The molecule has 12 aromatic rings. The van der Waals surface area contributed by atoms with Crippen LogP contribution in [0.2, 0.25) is 0 Å². The molecule has 5 heteroatoms. The molecule has 0 bridgehead atoms. The highest BCUT2D eigenvalue weighted by molar-refractivity contribution is 7.26. The van der Waals surface area contributed by atoms with Crippen LogP contribution < -0.4 is 0 Å². The normalized spacial score (nSPS) is 13.5. The summed E-state index contributed by atoms with van der Waals surface area (Å²) in [6, 6.07) is 60.3. The Hall–Kier alpha value is -6.66. The van der Waals surface area contributed by atoms with Crippen LogP contribution in [0.1, 0.15) is 25.0 Å². The van der Waals surface area contributed by atoms with Gasteiger partial charge in [0.2, 0.25) is 5.95 Å². The Labute approximate surface area is 342 Å². The zero-order valence-corrected chi connectivity index (χ0v) is 33.4. The molecule has 0 unspecified atom stereocenters. The fraction of sp³-hybridized carbons (Fsp3) is 0.0566. The van der Waals surface area contributed by atoms with E-state index in [0.717, 1.165) is 33.2 Å². The molecule has 0 atom stereocenters. The Balaban J connectivity index is 1.10. The highest BCUT2D eigenvalue weighted by Crippen LogP contribution is 2.51. The Morgan fingerprint density at radius 1 is 0.431 bits per heavy atom. The van der Waals surface area contributed by atoms with E-state index in [4.69, 9.17) is 9.97 Å². The van der Waals surface area contributed by atoms with Crippen molar-refractivity contribution < 1.29 is 0 Å². The summed E-state index contributed by atoms with van der Waals surface area (Å²) in [5.41, 5.74) is 12.8. The SMILES string of the molecule is CC1(C)c2ccccc2-c2cc3c4cc(-c5ccc6sc7ccccc7c6c5)ccc4n(-c4nc(-c5cccc6c5sc5ccccc56)c5ccccc5n4)c3cc21. The minimum Gasteiger partial charge on any atom is -0.278 e. The van der Waals surface area contributed by atoms with Crippen molar-refractivity contribution in [3.8, 4) is 39.5 Å². The second-order valence-electron chi connectivity index (χ2n) is 16.1. The van der Waals surface area contributed by atoms with Crippen LogP contribution in [0.4, 0.5) is 0 Å². The minimum atomic E-state index is -0.155. The van der Waals surface area contributed by atoms with Gasteiger partial charge < -0.3 is 0 Å². The maximum Gasteiger partial charge on any atom is 0.235 e. The Morgan fingerprint density at radius 2 is 1.07 bits per heavy atom. The molecule has 0 saturated heterocycles. The molecule has 4 aromatic heterocycles. The third kappa shape index (κ3) is 4.43. The summed E-state index contributed by atoms with van der Waals surface area (Å²) in [6.45, 7) is 4.71. The van der Waals surface area contributed by atoms with Gasteiger partial charge in [-0.15, -0.1) is 22.7 Å². The average molecular weight is 776 g/mol. The third-order valence-corrected chi connectivity index (χ3v) is 15.0. The molecular formula is C53H33N3S2. The van der Waals surface area contributed by atoms with E-state index in [-0.39, 0.29) is 5.41 Å². The maximum absolute atomic E-state index is 5.60. The number of aromatic nitrogens is 3. The standard InChI is InChI=1S/C53H33N3S2/c1-53(2)42-18-7-3-12-32(42)38-28-40-39-26-30(31-23-25-49-41(27-31)34-14-6-9-20-47(34)57-49)22-24-45(39)56(46(40)29-43(38)53)52-54-44-19-8-4-15-36(44)50(55-52)37-17-11-16-35-33-13-5-10-21-48(33)58-51(35)37/h3-29H,1-2H3. The van der Waals surface area contributed by atoms with Crippen molar-refractivity contribution in [1.82, 2.24) is 14.5 Å². The molecular weight excluding hydrogens is 743 g/mol. The molecule has 8 aromatic carbocycles. The lowest BCUT2D eigenvalue weighted by atomic mass is 9.82. The van der Waals surface area contributed by atoms with Crippen molar-refractivity contribution >= 4 is 95.7 Å². The summed E-state index contributed by atoms with van der Waals surface area (Å²) < 4.78 is 7.49. The highest BCUT2D eigenvalue weighted by atomic mass is 32.1. The Bertz CT molecular complexity index is 3730. The number of benzene rings is 8. The van der Waals surface area contributed by atoms with Crippen molar-refractivity contribution in [3.63, 3.8) is 0 Å². The minimum absolute atomic E-state index is 0.155. The molecule has 3 nitrogen and oxygen atoms in total. The summed E-state index contributed by atoms with van der Waals surface area (Å²) >= 11 is 3.70. The van der Waals surface area contributed by atoms with Crippen LogP contribution in [0.25, 0.3) is 113 Å².